The smallest absolute Gasteiger partial charge is 0.243 e. The fourth-order valence-electron chi connectivity index (χ4n) is 2.98. The molecule has 2 saturated heterocycles. The van der Waals surface area contributed by atoms with Gasteiger partial charge in [-0.3, -0.25) is 4.68 Å². The summed E-state index contributed by atoms with van der Waals surface area (Å²) in [5, 5.41) is 7.40. The molecule has 1 aromatic heterocycles. The SMILES string of the molecule is Cl.Cn1cc(S(=O)(=O)NC2CC3CCC(C2)N3)cn1. The van der Waals surface area contributed by atoms with E-state index in [4.69, 9.17) is 0 Å². The number of rotatable bonds is 3. The standard InChI is InChI=1S/C11H18N4O2S.ClH/c1-15-7-11(6-12-15)18(16,17)14-10-4-8-2-3-9(5-10)13-8;/h6-10,13-14H,2-5H2,1H3;1H. The predicted octanol–water partition coefficient (Wildman–Crippen LogP) is 0.403. The van der Waals surface area contributed by atoms with Gasteiger partial charge in [-0.05, 0) is 25.7 Å². The first-order chi connectivity index (χ1) is 8.53. The van der Waals surface area contributed by atoms with Gasteiger partial charge < -0.3 is 5.32 Å². The van der Waals surface area contributed by atoms with Crippen LogP contribution in [0.2, 0.25) is 0 Å². The molecule has 0 spiro atoms. The van der Waals surface area contributed by atoms with Crippen LogP contribution in [-0.2, 0) is 17.1 Å². The van der Waals surface area contributed by atoms with Crippen molar-refractivity contribution in [3.63, 3.8) is 0 Å². The lowest BCUT2D eigenvalue weighted by molar-refractivity contribution is 0.345. The van der Waals surface area contributed by atoms with Crippen molar-refractivity contribution in [1.29, 1.82) is 0 Å². The van der Waals surface area contributed by atoms with E-state index in [9.17, 15) is 8.42 Å². The third kappa shape index (κ3) is 3.10. The molecule has 3 heterocycles. The molecular formula is C11H19ClN4O2S. The largest absolute Gasteiger partial charge is 0.311 e. The molecule has 0 aliphatic carbocycles. The number of piperidine rings is 1. The summed E-state index contributed by atoms with van der Waals surface area (Å²) in [4.78, 5) is 0.246. The Morgan fingerprint density at radius 3 is 2.53 bits per heavy atom. The number of sulfonamides is 1. The third-order valence-corrected chi connectivity index (χ3v) is 5.26. The van der Waals surface area contributed by atoms with E-state index >= 15 is 0 Å². The molecule has 0 saturated carbocycles. The fraction of sp³-hybridized carbons (Fsp3) is 0.727. The van der Waals surface area contributed by atoms with Gasteiger partial charge in [0, 0.05) is 31.4 Å². The van der Waals surface area contributed by atoms with Crippen molar-refractivity contribution < 1.29 is 8.42 Å². The fourth-order valence-corrected chi connectivity index (χ4v) is 4.22. The minimum atomic E-state index is -3.42. The molecule has 2 N–H and O–H groups in total. The van der Waals surface area contributed by atoms with Crippen LogP contribution in [0.25, 0.3) is 0 Å². The monoisotopic (exact) mass is 306 g/mol. The molecule has 2 aliphatic rings. The molecule has 2 unspecified atom stereocenters. The number of halogens is 1. The third-order valence-electron chi connectivity index (χ3n) is 3.79. The van der Waals surface area contributed by atoms with Gasteiger partial charge >= 0.3 is 0 Å². The van der Waals surface area contributed by atoms with E-state index in [1.165, 1.54) is 17.1 Å². The topological polar surface area (TPSA) is 76.0 Å². The van der Waals surface area contributed by atoms with Gasteiger partial charge in [0.05, 0.1) is 6.20 Å². The van der Waals surface area contributed by atoms with E-state index in [0.717, 1.165) is 25.7 Å². The summed E-state index contributed by atoms with van der Waals surface area (Å²) in [5.74, 6) is 0. The van der Waals surface area contributed by atoms with Crippen molar-refractivity contribution in [2.24, 2.45) is 7.05 Å². The van der Waals surface area contributed by atoms with Crippen LogP contribution in [0.1, 0.15) is 25.7 Å². The summed E-state index contributed by atoms with van der Waals surface area (Å²) in [7, 11) is -1.71. The Morgan fingerprint density at radius 1 is 1.37 bits per heavy atom. The molecular weight excluding hydrogens is 288 g/mol. The van der Waals surface area contributed by atoms with Crippen LogP contribution in [0.3, 0.4) is 0 Å². The maximum absolute atomic E-state index is 12.2. The Bertz CT molecular complexity index is 533. The first kappa shape index (κ1) is 14.8. The molecule has 2 aliphatic heterocycles. The molecule has 6 nitrogen and oxygen atoms in total. The van der Waals surface area contributed by atoms with E-state index in [1.807, 2.05) is 0 Å². The van der Waals surface area contributed by atoms with Gasteiger partial charge in [0.15, 0.2) is 0 Å². The molecule has 108 valence electrons. The number of aromatic nitrogens is 2. The van der Waals surface area contributed by atoms with Gasteiger partial charge in [0.25, 0.3) is 0 Å². The van der Waals surface area contributed by atoms with Crippen molar-refractivity contribution in [3.8, 4) is 0 Å². The number of nitrogens with zero attached hydrogens (tertiary/aromatic N) is 2. The molecule has 2 atom stereocenters. The highest BCUT2D eigenvalue weighted by atomic mass is 35.5. The summed E-state index contributed by atoms with van der Waals surface area (Å²) in [6.45, 7) is 0. The van der Waals surface area contributed by atoms with Crippen LogP contribution in [0.15, 0.2) is 17.3 Å². The molecule has 2 fully saturated rings. The van der Waals surface area contributed by atoms with Gasteiger partial charge in [-0.1, -0.05) is 0 Å². The maximum atomic E-state index is 12.2. The maximum Gasteiger partial charge on any atom is 0.243 e. The van der Waals surface area contributed by atoms with Crippen molar-refractivity contribution in [3.05, 3.63) is 12.4 Å². The zero-order valence-corrected chi connectivity index (χ0v) is 12.4. The van der Waals surface area contributed by atoms with Crippen molar-refractivity contribution >= 4 is 22.4 Å². The van der Waals surface area contributed by atoms with E-state index in [2.05, 4.69) is 15.1 Å². The van der Waals surface area contributed by atoms with Gasteiger partial charge in [-0.25, -0.2) is 13.1 Å². The Morgan fingerprint density at radius 2 is 2.00 bits per heavy atom. The zero-order valence-electron chi connectivity index (χ0n) is 10.7. The molecule has 2 bridgehead atoms. The van der Waals surface area contributed by atoms with Gasteiger partial charge in [0.1, 0.15) is 4.90 Å². The highest BCUT2D eigenvalue weighted by molar-refractivity contribution is 7.89. The number of hydrogen-bond acceptors (Lipinski definition) is 4. The molecule has 19 heavy (non-hydrogen) atoms. The minimum absolute atomic E-state index is 0. The lowest BCUT2D eigenvalue weighted by atomic mass is 10.0. The van der Waals surface area contributed by atoms with Gasteiger partial charge in [0.2, 0.25) is 10.0 Å². The summed E-state index contributed by atoms with van der Waals surface area (Å²) >= 11 is 0. The Hall–Kier alpha value is -0.630. The average molecular weight is 307 g/mol. The van der Waals surface area contributed by atoms with Crippen LogP contribution < -0.4 is 10.0 Å². The summed E-state index contributed by atoms with van der Waals surface area (Å²) in [6.07, 6.45) is 7.01. The Labute approximate surface area is 119 Å². The first-order valence-electron chi connectivity index (χ1n) is 6.30. The molecule has 0 radical (unpaired) electrons. The van der Waals surface area contributed by atoms with Crippen LogP contribution in [-0.4, -0.2) is 36.3 Å². The summed E-state index contributed by atoms with van der Waals surface area (Å²) in [5.41, 5.74) is 0. The molecule has 1 aromatic rings. The van der Waals surface area contributed by atoms with Gasteiger partial charge in [-0.2, -0.15) is 5.10 Å². The second-order valence-electron chi connectivity index (χ2n) is 5.28. The molecule has 0 amide bonds. The first-order valence-corrected chi connectivity index (χ1v) is 7.78. The number of aryl methyl sites for hydroxylation is 1. The number of fused-ring (bicyclic) bond motifs is 2. The normalized spacial score (nSPS) is 30.1. The van der Waals surface area contributed by atoms with Crippen molar-refractivity contribution in [1.82, 2.24) is 19.8 Å². The van der Waals surface area contributed by atoms with E-state index in [0.29, 0.717) is 12.1 Å². The molecule has 8 heteroatoms. The van der Waals surface area contributed by atoms with Gasteiger partial charge in [-0.15, -0.1) is 12.4 Å². The van der Waals surface area contributed by atoms with Crippen LogP contribution in [0.5, 0.6) is 0 Å². The predicted molar refractivity (Wildman–Crippen MR) is 73.7 cm³/mol. The Kier molecular flexibility index (Phi) is 4.20. The Balaban J connectivity index is 0.00000133. The van der Waals surface area contributed by atoms with Crippen molar-refractivity contribution in [2.75, 3.05) is 0 Å². The lowest BCUT2D eigenvalue weighted by Crippen LogP contribution is -2.47. The van der Waals surface area contributed by atoms with Crippen LogP contribution >= 0.6 is 12.4 Å². The summed E-state index contributed by atoms with van der Waals surface area (Å²) in [6, 6.07) is 1.00. The number of hydrogen-bond donors (Lipinski definition) is 2. The quantitative estimate of drug-likeness (QED) is 0.848. The van der Waals surface area contributed by atoms with E-state index in [1.54, 1.807) is 7.05 Å². The van der Waals surface area contributed by atoms with E-state index < -0.39 is 10.0 Å². The second kappa shape index (κ2) is 5.40. The minimum Gasteiger partial charge on any atom is -0.311 e. The average Bonchev–Trinajstić information content (AvgIpc) is 2.85. The van der Waals surface area contributed by atoms with Crippen LogP contribution in [0.4, 0.5) is 0 Å². The highest BCUT2D eigenvalue weighted by Crippen LogP contribution is 2.27. The van der Waals surface area contributed by atoms with E-state index in [-0.39, 0.29) is 23.3 Å². The van der Waals surface area contributed by atoms with Crippen LogP contribution in [0, 0.1) is 0 Å². The van der Waals surface area contributed by atoms with Crippen molar-refractivity contribution in [2.45, 2.75) is 48.7 Å². The second-order valence-corrected chi connectivity index (χ2v) is 6.99. The number of nitrogens with one attached hydrogen (secondary N) is 2. The molecule has 3 rings (SSSR count). The lowest BCUT2D eigenvalue weighted by Gasteiger charge is -2.29. The summed E-state index contributed by atoms with van der Waals surface area (Å²) < 4.78 is 28.6. The highest BCUT2D eigenvalue weighted by Gasteiger charge is 2.35. The molecule has 0 aromatic carbocycles. The zero-order chi connectivity index (χ0) is 12.8.